The number of aliphatic hydroxyl groups excluding tert-OH is 1. The zero-order valence-electron chi connectivity index (χ0n) is 8.16. The number of rotatable bonds is 2. The molecular formula is C11H12BrNO2. The number of fused-ring (bicyclic) bond motifs is 1. The van der Waals surface area contributed by atoms with Crippen LogP contribution in [0.25, 0.3) is 0 Å². The van der Waals surface area contributed by atoms with Crippen LogP contribution < -0.4 is 5.32 Å². The Labute approximate surface area is 96.6 Å². The lowest BCUT2D eigenvalue weighted by molar-refractivity contribution is -0.116. The predicted octanol–water partition coefficient (Wildman–Crippen LogP) is 2.00. The van der Waals surface area contributed by atoms with Gasteiger partial charge in [0, 0.05) is 17.4 Å². The van der Waals surface area contributed by atoms with Crippen molar-refractivity contribution in [2.75, 3.05) is 10.6 Å². The molecule has 4 heteroatoms. The molecule has 0 spiro atoms. The summed E-state index contributed by atoms with van der Waals surface area (Å²) in [6, 6.07) is 5.66. The Balaban J connectivity index is 2.30. The zero-order valence-corrected chi connectivity index (χ0v) is 9.75. The van der Waals surface area contributed by atoms with Crippen molar-refractivity contribution in [2.45, 2.75) is 18.9 Å². The standard InChI is InChI=1S/C11H12BrNO2/c12-6-10(14)8-1-3-9-7(5-8)2-4-11(15)13-9/h1,3,5,10,14H,2,4,6H2,(H,13,15). The van der Waals surface area contributed by atoms with Crippen LogP contribution in [0, 0.1) is 0 Å². The molecule has 1 heterocycles. The number of anilines is 1. The van der Waals surface area contributed by atoms with Gasteiger partial charge in [-0.25, -0.2) is 0 Å². The summed E-state index contributed by atoms with van der Waals surface area (Å²) in [5.41, 5.74) is 2.87. The highest BCUT2D eigenvalue weighted by molar-refractivity contribution is 9.09. The van der Waals surface area contributed by atoms with E-state index >= 15 is 0 Å². The van der Waals surface area contributed by atoms with Crippen LogP contribution in [0.3, 0.4) is 0 Å². The van der Waals surface area contributed by atoms with E-state index in [-0.39, 0.29) is 5.91 Å². The number of hydrogen-bond donors (Lipinski definition) is 2. The lowest BCUT2D eigenvalue weighted by Gasteiger charge is -2.18. The summed E-state index contributed by atoms with van der Waals surface area (Å²) in [6.45, 7) is 0. The third-order valence-electron chi connectivity index (χ3n) is 2.56. The molecule has 0 aromatic heterocycles. The topological polar surface area (TPSA) is 49.3 Å². The van der Waals surface area contributed by atoms with Crippen molar-refractivity contribution in [1.82, 2.24) is 0 Å². The molecule has 0 saturated heterocycles. The maximum absolute atomic E-state index is 11.1. The number of halogens is 1. The van der Waals surface area contributed by atoms with Crippen molar-refractivity contribution >= 4 is 27.5 Å². The molecule has 0 aliphatic carbocycles. The first-order chi connectivity index (χ1) is 7.20. The van der Waals surface area contributed by atoms with Gasteiger partial charge in [0.05, 0.1) is 6.10 Å². The van der Waals surface area contributed by atoms with Crippen LogP contribution in [0.4, 0.5) is 5.69 Å². The maximum Gasteiger partial charge on any atom is 0.224 e. The van der Waals surface area contributed by atoms with Gasteiger partial charge in [0.2, 0.25) is 5.91 Å². The molecule has 1 atom stereocenters. The van der Waals surface area contributed by atoms with Gasteiger partial charge < -0.3 is 10.4 Å². The molecule has 2 N–H and O–H groups in total. The number of hydrogen-bond acceptors (Lipinski definition) is 2. The van der Waals surface area contributed by atoms with E-state index in [1.165, 1.54) is 0 Å². The summed E-state index contributed by atoms with van der Waals surface area (Å²) in [6.07, 6.45) is 0.804. The number of amides is 1. The first kappa shape index (κ1) is 10.6. The summed E-state index contributed by atoms with van der Waals surface area (Å²) in [4.78, 5) is 11.1. The molecule has 1 aromatic rings. The number of carbonyl (C=O) groups is 1. The van der Waals surface area contributed by atoms with Crippen LogP contribution in [0.2, 0.25) is 0 Å². The smallest absolute Gasteiger partial charge is 0.224 e. The summed E-state index contributed by atoms with van der Waals surface area (Å²) < 4.78 is 0. The normalized spacial score (nSPS) is 16.8. The van der Waals surface area contributed by atoms with Gasteiger partial charge in [0.1, 0.15) is 0 Å². The monoisotopic (exact) mass is 269 g/mol. The average molecular weight is 270 g/mol. The number of alkyl halides is 1. The molecule has 0 saturated carbocycles. The summed E-state index contributed by atoms with van der Waals surface area (Å²) in [7, 11) is 0. The second-order valence-corrected chi connectivity index (χ2v) is 4.28. The predicted molar refractivity (Wildman–Crippen MR) is 62.1 cm³/mol. The molecular weight excluding hydrogens is 258 g/mol. The Morgan fingerprint density at radius 2 is 2.27 bits per heavy atom. The number of aryl methyl sites for hydroxylation is 1. The van der Waals surface area contributed by atoms with Crippen LogP contribution in [0.1, 0.15) is 23.7 Å². The first-order valence-electron chi connectivity index (χ1n) is 4.87. The van der Waals surface area contributed by atoms with Gasteiger partial charge in [-0.05, 0) is 23.6 Å². The fourth-order valence-electron chi connectivity index (χ4n) is 1.70. The second-order valence-electron chi connectivity index (χ2n) is 3.63. The molecule has 1 aromatic carbocycles. The molecule has 1 unspecified atom stereocenters. The maximum atomic E-state index is 11.1. The molecule has 1 aliphatic rings. The van der Waals surface area contributed by atoms with Crippen molar-refractivity contribution in [1.29, 1.82) is 0 Å². The van der Waals surface area contributed by atoms with Crippen molar-refractivity contribution in [3.05, 3.63) is 29.3 Å². The molecule has 3 nitrogen and oxygen atoms in total. The Hall–Kier alpha value is -0.870. The van der Waals surface area contributed by atoms with E-state index in [0.29, 0.717) is 11.8 Å². The minimum atomic E-state index is -0.479. The van der Waals surface area contributed by atoms with Gasteiger partial charge in [-0.3, -0.25) is 4.79 Å². The Morgan fingerprint density at radius 1 is 1.47 bits per heavy atom. The number of benzene rings is 1. The van der Waals surface area contributed by atoms with Gasteiger partial charge in [-0.2, -0.15) is 0 Å². The van der Waals surface area contributed by atoms with E-state index < -0.39 is 6.10 Å². The molecule has 2 rings (SSSR count). The van der Waals surface area contributed by atoms with Gasteiger partial charge >= 0.3 is 0 Å². The lowest BCUT2D eigenvalue weighted by atomic mass is 9.99. The lowest BCUT2D eigenvalue weighted by Crippen LogP contribution is -2.19. The Kier molecular flexibility index (Phi) is 3.07. The Morgan fingerprint density at radius 3 is 3.00 bits per heavy atom. The van der Waals surface area contributed by atoms with E-state index in [1.807, 2.05) is 18.2 Å². The molecule has 80 valence electrons. The van der Waals surface area contributed by atoms with Gasteiger partial charge in [0.15, 0.2) is 0 Å². The summed E-state index contributed by atoms with van der Waals surface area (Å²) >= 11 is 3.24. The minimum Gasteiger partial charge on any atom is -0.388 e. The fourth-order valence-corrected chi connectivity index (χ4v) is 2.07. The molecule has 1 aliphatic heterocycles. The van der Waals surface area contributed by atoms with Gasteiger partial charge in [-0.1, -0.05) is 28.1 Å². The van der Waals surface area contributed by atoms with Gasteiger partial charge in [0.25, 0.3) is 0 Å². The van der Waals surface area contributed by atoms with Crippen molar-refractivity contribution < 1.29 is 9.90 Å². The van der Waals surface area contributed by atoms with Crippen molar-refractivity contribution in [2.24, 2.45) is 0 Å². The highest BCUT2D eigenvalue weighted by Crippen LogP contribution is 2.26. The van der Waals surface area contributed by atoms with E-state index in [9.17, 15) is 9.90 Å². The molecule has 15 heavy (non-hydrogen) atoms. The van der Waals surface area contributed by atoms with Crippen LogP contribution in [0.15, 0.2) is 18.2 Å². The zero-order chi connectivity index (χ0) is 10.8. The second kappa shape index (κ2) is 4.33. The largest absolute Gasteiger partial charge is 0.388 e. The number of nitrogens with one attached hydrogen (secondary N) is 1. The molecule has 0 bridgehead atoms. The fraction of sp³-hybridized carbons (Fsp3) is 0.364. The highest BCUT2D eigenvalue weighted by Gasteiger charge is 2.16. The van der Waals surface area contributed by atoms with E-state index in [1.54, 1.807) is 0 Å². The van der Waals surface area contributed by atoms with E-state index in [2.05, 4.69) is 21.2 Å². The molecule has 1 amide bonds. The van der Waals surface area contributed by atoms with Crippen LogP contribution >= 0.6 is 15.9 Å². The van der Waals surface area contributed by atoms with Crippen molar-refractivity contribution in [3.63, 3.8) is 0 Å². The molecule has 0 radical (unpaired) electrons. The van der Waals surface area contributed by atoms with E-state index in [0.717, 1.165) is 23.2 Å². The third-order valence-corrected chi connectivity index (χ3v) is 3.17. The number of carbonyl (C=O) groups excluding carboxylic acids is 1. The van der Waals surface area contributed by atoms with Crippen LogP contribution in [-0.4, -0.2) is 16.3 Å². The average Bonchev–Trinajstić information content (AvgIpc) is 2.27. The molecule has 0 fully saturated rings. The third kappa shape index (κ3) is 2.21. The van der Waals surface area contributed by atoms with E-state index in [4.69, 9.17) is 0 Å². The van der Waals surface area contributed by atoms with Crippen LogP contribution in [-0.2, 0) is 11.2 Å². The quantitative estimate of drug-likeness (QED) is 0.807. The van der Waals surface area contributed by atoms with Crippen LogP contribution in [0.5, 0.6) is 0 Å². The number of aliphatic hydroxyl groups is 1. The first-order valence-corrected chi connectivity index (χ1v) is 5.99. The van der Waals surface area contributed by atoms with Gasteiger partial charge in [-0.15, -0.1) is 0 Å². The van der Waals surface area contributed by atoms with Crippen molar-refractivity contribution in [3.8, 4) is 0 Å². The summed E-state index contributed by atoms with van der Waals surface area (Å²) in [5, 5.41) is 13.0. The highest BCUT2D eigenvalue weighted by atomic mass is 79.9. The SMILES string of the molecule is O=C1CCc2cc(C(O)CBr)ccc2N1. The minimum absolute atomic E-state index is 0.0660. The Bertz CT molecular complexity index is 392. The summed E-state index contributed by atoms with van der Waals surface area (Å²) in [5.74, 6) is 0.0660.